The van der Waals surface area contributed by atoms with Gasteiger partial charge in [0.15, 0.2) is 0 Å². The molecule has 14 heavy (non-hydrogen) atoms. The summed E-state index contributed by atoms with van der Waals surface area (Å²) in [4.78, 5) is 25.2. The van der Waals surface area contributed by atoms with E-state index < -0.39 is 0 Å². The van der Waals surface area contributed by atoms with Crippen LogP contribution >= 0.6 is 0 Å². The number of primary amides is 1. The Labute approximate surface area is 82.6 Å². The van der Waals surface area contributed by atoms with Gasteiger partial charge in [0.1, 0.15) is 0 Å². The molecule has 0 aromatic rings. The van der Waals surface area contributed by atoms with Crippen molar-refractivity contribution in [3.8, 4) is 0 Å². The fraction of sp³-hybridized carbons (Fsp3) is 0.750. The maximum atomic E-state index is 11.1. The van der Waals surface area contributed by atoms with E-state index in [1.165, 1.54) is 7.11 Å². The van der Waals surface area contributed by atoms with E-state index in [1.54, 1.807) is 4.90 Å². The highest BCUT2D eigenvalue weighted by molar-refractivity contribution is 5.76. The first-order valence-electron chi connectivity index (χ1n) is 4.47. The minimum atomic E-state index is -0.337. The summed E-state index contributed by atoms with van der Waals surface area (Å²) in [5, 5.41) is 0. The standard InChI is InChI=1S/C8H15N3O3/c1-14-8(13)11-4-2-10(3-5-11)6-7(9)12/h2-6H2,1H3,(H2,9,12). The summed E-state index contributed by atoms with van der Waals surface area (Å²) >= 11 is 0. The third kappa shape index (κ3) is 2.88. The number of hydrogen-bond acceptors (Lipinski definition) is 4. The van der Waals surface area contributed by atoms with Crippen molar-refractivity contribution in [2.75, 3.05) is 39.8 Å². The van der Waals surface area contributed by atoms with Crippen LogP contribution < -0.4 is 5.73 Å². The van der Waals surface area contributed by atoms with Gasteiger partial charge in [-0.1, -0.05) is 0 Å². The number of methoxy groups -OCH3 is 1. The van der Waals surface area contributed by atoms with Crippen LogP contribution in [0.15, 0.2) is 0 Å². The number of carbonyl (C=O) groups excluding carboxylic acids is 2. The number of rotatable bonds is 2. The molecule has 0 radical (unpaired) electrons. The van der Waals surface area contributed by atoms with E-state index in [0.29, 0.717) is 26.2 Å². The molecule has 0 atom stereocenters. The van der Waals surface area contributed by atoms with Gasteiger partial charge in [0.25, 0.3) is 0 Å². The molecule has 2 N–H and O–H groups in total. The van der Waals surface area contributed by atoms with Crippen molar-refractivity contribution in [3.63, 3.8) is 0 Å². The first kappa shape index (κ1) is 10.8. The second-order valence-electron chi connectivity index (χ2n) is 3.20. The largest absolute Gasteiger partial charge is 0.453 e. The second-order valence-corrected chi connectivity index (χ2v) is 3.20. The number of ether oxygens (including phenoxy) is 1. The molecule has 0 saturated carbocycles. The Hall–Kier alpha value is -1.30. The summed E-state index contributed by atoms with van der Waals surface area (Å²) in [6.45, 7) is 2.75. The van der Waals surface area contributed by atoms with Crippen molar-refractivity contribution >= 4 is 12.0 Å². The Bertz CT molecular complexity index is 224. The van der Waals surface area contributed by atoms with Crippen molar-refractivity contribution in [3.05, 3.63) is 0 Å². The number of nitrogens with zero attached hydrogens (tertiary/aromatic N) is 2. The molecule has 1 aliphatic heterocycles. The number of piperazine rings is 1. The molecule has 6 heteroatoms. The van der Waals surface area contributed by atoms with Gasteiger partial charge in [-0.05, 0) is 0 Å². The minimum Gasteiger partial charge on any atom is -0.453 e. The number of amides is 2. The lowest BCUT2D eigenvalue weighted by atomic mass is 10.3. The molecule has 0 aromatic heterocycles. The van der Waals surface area contributed by atoms with Crippen LogP contribution in [0.5, 0.6) is 0 Å². The zero-order chi connectivity index (χ0) is 10.6. The van der Waals surface area contributed by atoms with Crippen LogP contribution in [-0.2, 0) is 9.53 Å². The van der Waals surface area contributed by atoms with Gasteiger partial charge in [0.05, 0.1) is 13.7 Å². The smallest absolute Gasteiger partial charge is 0.409 e. The lowest BCUT2D eigenvalue weighted by molar-refractivity contribution is -0.119. The van der Waals surface area contributed by atoms with Crippen molar-refractivity contribution in [2.24, 2.45) is 5.73 Å². The molecule has 1 heterocycles. The molecule has 0 aromatic carbocycles. The van der Waals surface area contributed by atoms with Crippen molar-refractivity contribution in [1.82, 2.24) is 9.80 Å². The first-order valence-corrected chi connectivity index (χ1v) is 4.47. The topological polar surface area (TPSA) is 75.9 Å². The molecular weight excluding hydrogens is 186 g/mol. The van der Waals surface area contributed by atoms with Gasteiger partial charge < -0.3 is 15.4 Å². The van der Waals surface area contributed by atoms with Gasteiger partial charge in [-0.2, -0.15) is 0 Å². The Morgan fingerprint density at radius 2 is 1.86 bits per heavy atom. The number of hydrogen-bond donors (Lipinski definition) is 1. The average Bonchev–Trinajstić information content (AvgIpc) is 2.17. The maximum absolute atomic E-state index is 11.1. The quantitative estimate of drug-likeness (QED) is 0.612. The summed E-state index contributed by atoms with van der Waals surface area (Å²) in [6.07, 6.45) is -0.316. The third-order valence-electron chi connectivity index (χ3n) is 2.18. The van der Waals surface area contributed by atoms with E-state index in [0.717, 1.165) is 0 Å². The lowest BCUT2D eigenvalue weighted by Gasteiger charge is -2.32. The Kier molecular flexibility index (Phi) is 3.70. The SMILES string of the molecule is COC(=O)N1CCN(CC(N)=O)CC1. The van der Waals surface area contributed by atoms with E-state index in [9.17, 15) is 9.59 Å². The normalized spacial score (nSPS) is 17.9. The van der Waals surface area contributed by atoms with Gasteiger partial charge in [-0.25, -0.2) is 4.79 Å². The molecule has 1 fully saturated rings. The summed E-state index contributed by atoms with van der Waals surface area (Å²) in [5.74, 6) is -0.337. The summed E-state index contributed by atoms with van der Waals surface area (Å²) < 4.78 is 4.58. The molecule has 0 aliphatic carbocycles. The molecule has 1 rings (SSSR count). The van der Waals surface area contributed by atoms with Crippen LogP contribution in [0.4, 0.5) is 4.79 Å². The van der Waals surface area contributed by atoms with Gasteiger partial charge in [0.2, 0.25) is 5.91 Å². The fourth-order valence-corrected chi connectivity index (χ4v) is 1.44. The fourth-order valence-electron chi connectivity index (χ4n) is 1.44. The van der Waals surface area contributed by atoms with Crippen LogP contribution in [-0.4, -0.2) is 61.6 Å². The molecule has 0 bridgehead atoms. The van der Waals surface area contributed by atoms with Crippen LogP contribution in [0.25, 0.3) is 0 Å². The van der Waals surface area contributed by atoms with Gasteiger partial charge in [0, 0.05) is 26.2 Å². The van der Waals surface area contributed by atoms with E-state index in [-0.39, 0.29) is 18.5 Å². The Morgan fingerprint density at radius 3 is 2.29 bits per heavy atom. The lowest BCUT2D eigenvalue weighted by Crippen LogP contribution is -2.50. The highest BCUT2D eigenvalue weighted by Gasteiger charge is 2.21. The second kappa shape index (κ2) is 4.80. The number of carbonyl (C=O) groups is 2. The Balaban J connectivity index is 2.31. The van der Waals surface area contributed by atoms with Crippen LogP contribution in [0, 0.1) is 0 Å². The molecule has 1 aliphatic rings. The summed E-state index contributed by atoms with van der Waals surface area (Å²) in [6, 6.07) is 0. The van der Waals surface area contributed by atoms with E-state index in [1.807, 2.05) is 4.90 Å². The van der Waals surface area contributed by atoms with Crippen LogP contribution in [0.1, 0.15) is 0 Å². The zero-order valence-electron chi connectivity index (χ0n) is 8.23. The van der Waals surface area contributed by atoms with Crippen LogP contribution in [0.2, 0.25) is 0 Å². The molecule has 80 valence electrons. The van der Waals surface area contributed by atoms with Gasteiger partial charge in [-0.3, -0.25) is 9.69 Å². The molecule has 1 saturated heterocycles. The third-order valence-corrected chi connectivity index (χ3v) is 2.18. The molecule has 2 amide bonds. The highest BCUT2D eigenvalue weighted by atomic mass is 16.5. The predicted molar refractivity (Wildman–Crippen MR) is 49.6 cm³/mol. The van der Waals surface area contributed by atoms with E-state index in [4.69, 9.17) is 5.73 Å². The average molecular weight is 201 g/mol. The summed E-state index contributed by atoms with van der Waals surface area (Å²) in [7, 11) is 1.36. The summed E-state index contributed by atoms with van der Waals surface area (Å²) in [5.41, 5.74) is 5.06. The van der Waals surface area contributed by atoms with Crippen molar-refractivity contribution in [2.45, 2.75) is 0 Å². The molecule has 0 unspecified atom stereocenters. The van der Waals surface area contributed by atoms with E-state index in [2.05, 4.69) is 4.74 Å². The van der Waals surface area contributed by atoms with Crippen LogP contribution in [0.3, 0.4) is 0 Å². The first-order chi connectivity index (χ1) is 6.63. The maximum Gasteiger partial charge on any atom is 0.409 e. The monoisotopic (exact) mass is 201 g/mol. The van der Waals surface area contributed by atoms with E-state index >= 15 is 0 Å². The van der Waals surface area contributed by atoms with Crippen molar-refractivity contribution in [1.29, 1.82) is 0 Å². The van der Waals surface area contributed by atoms with Crippen molar-refractivity contribution < 1.29 is 14.3 Å². The van der Waals surface area contributed by atoms with Gasteiger partial charge in [-0.15, -0.1) is 0 Å². The molecular formula is C8H15N3O3. The predicted octanol–water partition coefficient (Wildman–Crippen LogP) is -1.14. The molecule has 0 spiro atoms. The number of nitrogens with two attached hydrogens (primary N) is 1. The zero-order valence-corrected chi connectivity index (χ0v) is 8.23. The highest BCUT2D eigenvalue weighted by Crippen LogP contribution is 2.02. The molecule has 6 nitrogen and oxygen atoms in total. The minimum absolute atomic E-state index is 0.259. The Morgan fingerprint density at radius 1 is 1.29 bits per heavy atom. The van der Waals surface area contributed by atoms with Gasteiger partial charge >= 0.3 is 6.09 Å².